The summed E-state index contributed by atoms with van der Waals surface area (Å²) in [5, 5.41) is 14.3. The molecule has 0 bridgehead atoms. The van der Waals surface area contributed by atoms with Crippen molar-refractivity contribution in [2.24, 2.45) is 0 Å². The fourth-order valence-electron chi connectivity index (χ4n) is 3.78. The molecule has 2 atom stereocenters. The predicted octanol–water partition coefficient (Wildman–Crippen LogP) is 4.04. The number of aliphatic hydroxyl groups is 1. The van der Waals surface area contributed by atoms with Crippen LogP contribution in [-0.4, -0.2) is 62.6 Å². The molecule has 0 saturated carbocycles. The highest BCUT2D eigenvalue weighted by atomic mass is 19.4. The number of aliphatic hydroxyl groups excluding tert-OH is 1. The van der Waals surface area contributed by atoms with Gasteiger partial charge >= 0.3 is 18.2 Å². The number of nitrogens with one attached hydrogen (secondary N) is 2. The normalized spacial score (nSPS) is 13.4. The summed E-state index contributed by atoms with van der Waals surface area (Å²) in [5.41, 5.74) is 4.54. The number of halogens is 3. The molecule has 2 amide bonds. The first-order valence-corrected chi connectivity index (χ1v) is 12.5. The summed E-state index contributed by atoms with van der Waals surface area (Å²) < 4.78 is 44.5. The van der Waals surface area contributed by atoms with Crippen LogP contribution >= 0.6 is 0 Å². The van der Waals surface area contributed by atoms with Crippen molar-refractivity contribution >= 4 is 12.0 Å². The Balaban J connectivity index is 1.81. The van der Waals surface area contributed by atoms with Crippen LogP contribution < -0.4 is 10.7 Å². The Morgan fingerprint density at radius 3 is 2.25 bits per heavy atom. The predicted molar refractivity (Wildman–Crippen MR) is 141 cm³/mol. The molecule has 0 aliphatic rings. The molecule has 9 nitrogen and oxygen atoms in total. The van der Waals surface area contributed by atoms with Crippen molar-refractivity contribution in [3.05, 3.63) is 84.3 Å². The van der Waals surface area contributed by atoms with Crippen LogP contribution in [0.15, 0.2) is 73.2 Å². The van der Waals surface area contributed by atoms with E-state index in [-0.39, 0.29) is 19.5 Å². The van der Waals surface area contributed by atoms with E-state index in [1.165, 1.54) is 5.01 Å². The number of hydrogen-bond donors (Lipinski definition) is 3. The maximum Gasteiger partial charge on any atom is 0.471 e. The maximum absolute atomic E-state index is 13.1. The third kappa shape index (κ3) is 9.93. The summed E-state index contributed by atoms with van der Waals surface area (Å²) in [5.74, 6) is -2.17. The van der Waals surface area contributed by atoms with Gasteiger partial charge in [-0.05, 0) is 38.3 Å². The van der Waals surface area contributed by atoms with Crippen molar-refractivity contribution in [1.82, 2.24) is 25.7 Å². The monoisotopic (exact) mass is 559 g/mol. The topological polar surface area (TPSA) is 117 Å². The van der Waals surface area contributed by atoms with E-state index in [4.69, 9.17) is 4.74 Å². The lowest BCUT2D eigenvalue weighted by molar-refractivity contribution is -0.175. The Labute approximate surface area is 230 Å². The molecule has 12 heteroatoms. The molecule has 0 aliphatic carbocycles. The van der Waals surface area contributed by atoms with Gasteiger partial charge in [-0.25, -0.2) is 9.80 Å². The zero-order valence-electron chi connectivity index (χ0n) is 22.4. The van der Waals surface area contributed by atoms with Crippen LogP contribution in [0.1, 0.15) is 31.9 Å². The first kappa shape index (κ1) is 30.5. The Morgan fingerprint density at radius 1 is 1.00 bits per heavy atom. The molecular formula is C28H32F3N5O4. The molecule has 2 unspecified atom stereocenters. The lowest BCUT2D eigenvalue weighted by Crippen LogP contribution is -2.55. The Morgan fingerprint density at radius 2 is 1.68 bits per heavy atom. The largest absolute Gasteiger partial charge is 0.471 e. The van der Waals surface area contributed by atoms with E-state index in [9.17, 15) is 27.9 Å². The quantitative estimate of drug-likeness (QED) is 0.321. The molecule has 40 heavy (non-hydrogen) atoms. The average molecular weight is 560 g/mol. The van der Waals surface area contributed by atoms with Crippen molar-refractivity contribution in [3.8, 4) is 11.3 Å². The molecule has 214 valence electrons. The molecule has 0 radical (unpaired) electrons. The summed E-state index contributed by atoms with van der Waals surface area (Å²) in [4.78, 5) is 32.6. The molecule has 0 spiro atoms. The molecule has 3 aromatic rings. The Hall–Kier alpha value is -4.03. The van der Waals surface area contributed by atoms with Crippen LogP contribution in [0.25, 0.3) is 11.3 Å². The van der Waals surface area contributed by atoms with Crippen molar-refractivity contribution in [1.29, 1.82) is 0 Å². The van der Waals surface area contributed by atoms with Crippen LogP contribution in [0.5, 0.6) is 0 Å². The van der Waals surface area contributed by atoms with Crippen LogP contribution in [0.3, 0.4) is 0 Å². The minimum atomic E-state index is -5.13. The van der Waals surface area contributed by atoms with E-state index in [1.54, 1.807) is 81.8 Å². The van der Waals surface area contributed by atoms with E-state index in [0.29, 0.717) is 11.3 Å². The number of benzene rings is 2. The number of hydrogen-bond acceptors (Lipinski definition) is 7. The second-order valence-electron chi connectivity index (χ2n) is 10.1. The van der Waals surface area contributed by atoms with Gasteiger partial charge in [0.1, 0.15) is 5.60 Å². The highest BCUT2D eigenvalue weighted by molar-refractivity contribution is 5.82. The molecule has 3 rings (SSSR count). The van der Waals surface area contributed by atoms with Gasteiger partial charge in [-0.2, -0.15) is 13.2 Å². The number of hydrazine groups is 1. The van der Waals surface area contributed by atoms with Crippen molar-refractivity contribution in [2.45, 2.75) is 57.7 Å². The number of carbonyl (C=O) groups is 2. The summed E-state index contributed by atoms with van der Waals surface area (Å²) in [6, 6.07) is 14.4. The van der Waals surface area contributed by atoms with Gasteiger partial charge in [0, 0.05) is 31.0 Å². The van der Waals surface area contributed by atoms with Gasteiger partial charge in [-0.15, -0.1) is 0 Å². The summed E-state index contributed by atoms with van der Waals surface area (Å²) in [6.07, 6.45) is -2.77. The van der Waals surface area contributed by atoms with Crippen LogP contribution in [-0.2, 0) is 22.5 Å². The smallest absolute Gasteiger partial charge is 0.443 e. The van der Waals surface area contributed by atoms with Gasteiger partial charge in [0.05, 0.1) is 24.0 Å². The van der Waals surface area contributed by atoms with Crippen LogP contribution in [0.2, 0.25) is 0 Å². The summed E-state index contributed by atoms with van der Waals surface area (Å²) in [7, 11) is 0. The lowest BCUT2D eigenvalue weighted by Gasteiger charge is -2.31. The summed E-state index contributed by atoms with van der Waals surface area (Å²) in [6.45, 7) is 4.79. The van der Waals surface area contributed by atoms with Gasteiger partial charge < -0.3 is 15.2 Å². The van der Waals surface area contributed by atoms with Gasteiger partial charge in [0.25, 0.3) is 0 Å². The van der Waals surface area contributed by atoms with E-state index < -0.39 is 35.9 Å². The minimum Gasteiger partial charge on any atom is -0.443 e. The molecule has 1 heterocycles. The lowest BCUT2D eigenvalue weighted by atomic mass is 10.0. The number of alkyl halides is 3. The highest BCUT2D eigenvalue weighted by Crippen LogP contribution is 2.19. The molecule has 0 aliphatic heterocycles. The fourth-order valence-corrected chi connectivity index (χ4v) is 3.78. The first-order valence-electron chi connectivity index (χ1n) is 12.5. The third-order valence-corrected chi connectivity index (χ3v) is 5.58. The number of nitrogens with zero attached hydrogens (tertiary/aromatic N) is 3. The first-order chi connectivity index (χ1) is 18.8. The van der Waals surface area contributed by atoms with Gasteiger partial charge in [0.15, 0.2) is 0 Å². The second kappa shape index (κ2) is 13.4. The standard InChI is InChI=1S/C28H32F3N5O4/c1-27(2,3)40-26(39)35-36(17-20-9-11-21(12-10-20)23-16-32-13-14-33-23)18-24(37)22(34-25(38)28(29,30)31)15-19-7-5-4-6-8-19/h4-14,16,22,24,37H,15,17-18H2,1-3H3,(H,34,38)(H,35,39). The SMILES string of the molecule is CC(C)(C)OC(=O)NN(Cc1ccc(-c2cnccn2)cc1)CC(O)C(Cc1ccccc1)NC(=O)C(F)(F)F. The number of amides is 2. The molecule has 1 aromatic heterocycles. The zero-order chi connectivity index (χ0) is 29.3. The van der Waals surface area contributed by atoms with E-state index in [1.807, 2.05) is 17.4 Å². The number of ether oxygens (including phenoxy) is 1. The number of carbonyl (C=O) groups excluding carboxylic acids is 2. The van der Waals surface area contributed by atoms with Crippen molar-refractivity contribution < 1.29 is 32.6 Å². The summed E-state index contributed by atoms with van der Waals surface area (Å²) >= 11 is 0. The van der Waals surface area contributed by atoms with Crippen molar-refractivity contribution in [2.75, 3.05) is 6.54 Å². The third-order valence-electron chi connectivity index (χ3n) is 5.58. The molecule has 2 aromatic carbocycles. The molecule has 0 fully saturated rings. The van der Waals surface area contributed by atoms with E-state index in [2.05, 4.69) is 15.4 Å². The fraction of sp³-hybridized carbons (Fsp3) is 0.357. The second-order valence-corrected chi connectivity index (χ2v) is 10.1. The minimum absolute atomic E-state index is 0.0718. The molecule has 3 N–H and O–H groups in total. The molecular weight excluding hydrogens is 527 g/mol. The van der Waals surface area contributed by atoms with E-state index in [0.717, 1.165) is 11.1 Å². The van der Waals surface area contributed by atoms with E-state index >= 15 is 0 Å². The maximum atomic E-state index is 13.1. The van der Waals surface area contributed by atoms with Gasteiger partial charge in [-0.1, -0.05) is 54.6 Å². The average Bonchev–Trinajstić information content (AvgIpc) is 2.88. The van der Waals surface area contributed by atoms with Crippen LogP contribution in [0, 0.1) is 0 Å². The zero-order valence-corrected chi connectivity index (χ0v) is 22.4. The number of aromatic nitrogens is 2. The number of rotatable bonds is 10. The highest BCUT2D eigenvalue weighted by Gasteiger charge is 2.41. The van der Waals surface area contributed by atoms with Gasteiger partial charge in [0.2, 0.25) is 0 Å². The van der Waals surface area contributed by atoms with Crippen molar-refractivity contribution in [3.63, 3.8) is 0 Å². The Bertz CT molecular complexity index is 1240. The van der Waals surface area contributed by atoms with Gasteiger partial charge in [-0.3, -0.25) is 20.2 Å². The Kier molecular flexibility index (Phi) is 10.2. The molecule has 0 saturated heterocycles. The van der Waals surface area contributed by atoms with Crippen LogP contribution in [0.4, 0.5) is 18.0 Å².